The Morgan fingerprint density at radius 3 is 2.73 bits per heavy atom. The topological polar surface area (TPSA) is 60.2 Å². The number of rotatable bonds is 2. The van der Waals surface area contributed by atoms with E-state index in [0.29, 0.717) is 37.3 Å². The molecule has 1 fully saturated rings. The lowest BCUT2D eigenvalue weighted by Crippen LogP contribution is -2.48. The monoisotopic (exact) mass is 366 g/mol. The van der Waals surface area contributed by atoms with E-state index in [2.05, 4.69) is 16.0 Å². The Labute approximate surface area is 153 Å². The van der Waals surface area contributed by atoms with Crippen molar-refractivity contribution in [1.29, 1.82) is 5.26 Å². The van der Waals surface area contributed by atoms with Gasteiger partial charge in [0.05, 0.1) is 21.8 Å². The molecule has 1 amide bonds. The highest BCUT2D eigenvalue weighted by Gasteiger charge is 2.24. The van der Waals surface area contributed by atoms with E-state index < -0.39 is 0 Å². The van der Waals surface area contributed by atoms with Gasteiger partial charge in [0, 0.05) is 31.7 Å². The summed E-state index contributed by atoms with van der Waals surface area (Å²) < 4.78 is 14.2. The lowest BCUT2D eigenvalue weighted by Gasteiger charge is -2.34. The molecule has 5 nitrogen and oxygen atoms in total. The van der Waals surface area contributed by atoms with Crippen LogP contribution < -0.4 is 4.90 Å². The van der Waals surface area contributed by atoms with E-state index in [-0.39, 0.29) is 11.7 Å². The molecule has 0 N–H and O–H groups in total. The van der Waals surface area contributed by atoms with Gasteiger partial charge in [0.15, 0.2) is 5.13 Å². The number of carbonyl (C=O) groups is 1. The van der Waals surface area contributed by atoms with Gasteiger partial charge in [-0.25, -0.2) is 9.37 Å². The highest BCUT2D eigenvalue weighted by Crippen LogP contribution is 2.30. The Morgan fingerprint density at radius 1 is 1.15 bits per heavy atom. The summed E-state index contributed by atoms with van der Waals surface area (Å²) >= 11 is 1.46. The van der Waals surface area contributed by atoms with Crippen molar-refractivity contribution >= 4 is 32.6 Å². The molecule has 0 saturated carbocycles. The summed E-state index contributed by atoms with van der Waals surface area (Å²) in [6, 6.07) is 13.4. The van der Waals surface area contributed by atoms with Crippen LogP contribution in [0.4, 0.5) is 9.52 Å². The van der Waals surface area contributed by atoms with Crippen molar-refractivity contribution in [1.82, 2.24) is 9.88 Å². The minimum Gasteiger partial charge on any atom is -0.345 e. The van der Waals surface area contributed by atoms with Crippen LogP contribution in [0, 0.1) is 17.1 Å². The zero-order valence-corrected chi connectivity index (χ0v) is 14.7. The fraction of sp³-hybridized carbons (Fsp3) is 0.211. The maximum absolute atomic E-state index is 13.3. The molecule has 2 aromatic carbocycles. The van der Waals surface area contributed by atoms with Crippen molar-refractivity contribution in [3.8, 4) is 6.07 Å². The normalized spacial score (nSPS) is 14.5. The van der Waals surface area contributed by atoms with Crippen LogP contribution in [0.25, 0.3) is 10.2 Å². The lowest BCUT2D eigenvalue weighted by molar-refractivity contribution is 0.0746. The highest BCUT2D eigenvalue weighted by molar-refractivity contribution is 7.22. The van der Waals surface area contributed by atoms with E-state index in [1.54, 1.807) is 35.2 Å². The van der Waals surface area contributed by atoms with Crippen molar-refractivity contribution in [3.05, 3.63) is 59.4 Å². The maximum Gasteiger partial charge on any atom is 0.254 e. The number of thiazole rings is 1. The summed E-state index contributed by atoms with van der Waals surface area (Å²) in [5.41, 5.74) is 1.81. The van der Waals surface area contributed by atoms with Gasteiger partial charge in [0.2, 0.25) is 0 Å². The number of nitriles is 1. The summed E-state index contributed by atoms with van der Waals surface area (Å²) in [6.45, 7) is 2.51. The molecule has 7 heteroatoms. The van der Waals surface area contributed by atoms with Gasteiger partial charge in [0.1, 0.15) is 5.82 Å². The number of piperazine rings is 1. The fourth-order valence-corrected chi connectivity index (χ4v) is 4.07. The second-order valence-corrected chi connectivity index (χ2v) is 7.09. The van der Waals surface area contributed by atoms with Crippen LogP contribution in [-0.4, -0.2) is 42.0 Å². The third-order valence-electron chi connectivity index (χ3n) is 4.42. The van der Waals surface area contributed by atoms with E-state index in [4.69, 9.17) is 5.26 Å². The average Bonchev–Trinajstić information content (AvgIpc) is 3.10. The van der Waals surface area contributed by atoms with Gasteiger partial charge in [-0.1, -0.05) is 17.4 Å². The molecule has 2 heterocycles. The predicted octanol–water partition coefficient (Wildman–Crippen LogP) is 3.27. The molecular weight excluding hydrogens is 351 g/mol. The molecule has 0 atom stereocenters. The van der Waals surface area contributed by atoms with Crippen LogP contribution in [-0.2, 0) is 0 Å². The minimum absolute atomic E-state index is 0.0619. The van der Waals surface area contributed by atoms with Crippen molar-refractivity contribution < 1.29 is 9.18 Å². The summed E-state index contributed by atoms with van der Waals surface area (Å²) in [7, 11) is 0. The Hall–Kier alpha value is -2.98. The quantitative estimate of drug-likeness (QED) is 0.698. The first-order valence-corrected chi connectivity index (χ1v) is 9.06. The largest absolute Gasteiger partial charge is 0.345 e. The smallest absolute Gasteiger partial charge is 0.254 e. The van der Waals surface area contributed by atoms with Crippen LogP contribution in [0.5, 0.6) is 0 Å². The van der Waals surface area contributed by atoms with E-state index in [1.807, 2.05) is 0 Å². The number of anilines is 1. The Bertz CT molecular complexity index is 1020. The zero-order chi connectivity index (χ0) is 18.1. The van der Waals surface area contributed by atoms with Crippen molar-refractivity contribution in [2.45, 2.75) is 0 Å². The fourth-order valence-electron chi connectivity index (χ4n) is 3.03. The minimum atomic E-state index is -0.261. The van der Waals surface area contributed by atoms with Gasteiger partial charge in [-0.05, 0) is 36.4 Å². The number of carbonyl (C=O) groups excluding carboxylic acids is 1. The first-order chi connectivity index (χ1) is 12.6. The molecule has 1 aliphatic heterocycles. The summed E-state index contributed by atoms with van der Waals surface area (Å²) in [6.07, 6.45) is 0. The van der Waals surface area contributed by atoms with Crippen molar-refractivity contribution in [2.24, 2.45) is 0 Å². The second kappa shape index (κ2) is 6.73. The number of benzene rings is 2. The van der Waals surface area contributed by atoms with Gasteiger partial charge < -0.3 is 9.80 Å². The number of halogens is 1. The lowest BCUT2D eigenvalue weighted by atomic mass is 10.1. The van der Waals surface area contributed by atoms with E-state index in [9.17, 15) is 9.18 Å². The Kier molecular flexibility index (Phi) is 4.27. The molecule has 0 bridgehead atoms. The molecule has 26 heavy (non-hydrogen) atoms. The third-order valence-corrected chi connectivity index (χ3v) is 5.49. The maximum atomic E-state index is 13.3. The van der Waals surface area contributed by atoms with Crippen LogP contribution in [0.3, 0.4) is 0 Å². The molecule has 3 aromatic rings. The number of hydrogen-bond donors (Lipinski definition) is 0. The molecule has 1 aliphatic rings. The van der Waals surface area contributed by atoms with Gasteiger partial charge in [-0.3, -0.25) is 4.79 Å². The molecule has 0 spiro atoms. The Balaban J connectivity index is 1.46. The molecule has 130 valence electrons. The number of hydrogen-bond acceptors (Lipinski definition) is 5. The average molecular weight is 366 g/mol. The highest BCUT2D eigenvalue weighted by atomic mass is 32.1. The van der Waals surface area contributed by atoms with E-state index >= 15 is 0 Å². The van der Waals surface area contributed by atoms with Gasteiger partial charge in [-0.15, -0.1) is 0 Å². The number of aromatic nitrogens is 1. The van der Waals surface area contributed by atoms with Crippen LogP contribution in [0.2, 0.25) is 0 Å². The first kappa shape index (κ1) is 16.5. The zero-order valence-electron chi connectivity index (χ0n) is 13.9. The molecular formula is C19H15FN4OS. The van der Waals surface area contributed by atoms with E-state index in [1.165, 1.54) is 23.5 Å². The number of amides is 1. The van der Waals surface area contributed by atoms with Crippen molar-refractivity contribution in [2.75, 3.05) is 31.1 Å². The summed E-state index contributed by atoms with van der Waals surface area (Å²) in [5.74, 6) is -0.323. The number of fused-ring (bicyclic) bond motifs is 1. The van der Waals surface area contributed by atoms with Crippen LogP contribution in [0.1, 0.15) is 15.9 Å². The predicted molar refractivity (Wildman–Crippen MR) is 98.9 cm³/mol. The van der Waals surface area contributed by atoms with Crippen LogP contribution >= 0.6 is 11.3 Å². The van der Waals surface area contributed by atoms with Crippen molar-refractivity contribution in [3.63, 3.8) is 0 Å². The molecule has 0 radical (unpaired) electrons. The second-order valence-electron chi connectivity index (χ2n) is 6.08. The van der Waals surface area contributed by atoms with Crippen LogP contribution in [0.15, 0.2) is 42.5 Å². The SMILES string of the molecule is N#Cc1cccc(C(=O)N2CCN(c3nc4ccc(F)cc4s3)CC2)c1. The molecule has 0 aliphatic carbocycles. The Morgan fingerprint density at radius 2 is 1.96 bits per heavy atom. The van der Waals surface area contributed by atoms with Gasteiger partial charge in [-0.2, -0.15) is 5.26 Å². The van der Waals surface area contributed by atoms with E-state index in [0.717, 1.165) is 15.3 Å². The summed E-state index contributed by atoms with van der Waals surface area (Å²) in [5, 5.41) is 9.83. The first-order valence-electron chi connectivity index (χ1n) is 8.24. The van der Waals surface area contributed by atoms with Gasteiger partial charge >= 0.3 is 0 Å². The number of nitrogens with zero attached hydrogens (tertiary/aromatic N) is 4. The molecule has 1 saturated heterocycles. The standard InChI is InChI=1S/C19H15FN4OS/c20-15-4-5-16-17(11-15)26-19(22-16)24-8-6-23(7-9-24)18(25)14-3-1-2-13(10-14)12-21/h1-5,10-11H,6-9H2. The molecule has 4 rings (SSSR count). The molecule has 0 unspecified atom stereocenters. The van der Waals surface area contributed by atoms with Gasteiger partial charge in [0.25, 0.3) is 5.91 Å². The summed E-state index contributed by atoms with van der Waals surface area (Å²) in [4.78, 5) is 21.1. The molecule has 1 aromatic heterocycles. The third kappa shape index (κ3) is 3.11.